The van der Waals surface area contributed by atoms with Gasteiger partial charge in [-0.15, -0.1) is 0 Å². The summed E-state index contributed by atoms with van der Waals surface area (Å²) in [6, 6.07) is 0.635. The molecular weight excluding hydrogens is 166 g/mol. The molecule has 1 N–H and O–H groups in total. The molecule has 3 nitrogen and oxygen atoms in total. The van der Waals surface area contributed by atoms with Crippen LogP contribution in [-0.2, 0) is 4.74 Å². The SMILES string of the molecule is CCOCC(O)CN1CCCC1C. The lowest BCUT2D eigenvalue weighted by Crippen LogP contribution is -2.36. The Morgan fingerprint density at radius 2 is 2.38 bits per heavy atom. The predicted octanol–water partition coefficient (Wildman–Crippen LogP) is 0.868. The van der Waals surface area contributed by atoms with Gasteiger partial charge in [0.15, 0.2) is 0 Å². The summed E-state index contributed by atoms with van der Waals surface area (Å²) in [5.74, 6) is 0. The van der Waals surface area contributed by atoms with Crippen molar-refractivity contribution >= 4 is 0 Å². The molecule has 1 heterocycles. The fourth-order valence-electron chi connectivity index (χ4n) is 1.84. The molecule has 1 fully saturated rings. The topological polar surface area (TPSA) is 32.7 Å². The first-order chi connectivity index (χ1) is 6.24. The molecule has 0 aromatic carbocycles. The molecule has 2 atom stereocenters. The Balaban J connectivity index is 2.15. The molecule has 0 saturated carbocycles. The molecule has 13 heavy (non-hydrogen) atoms. The minimum absolute atomic E-state index is 0.319. The van der Waals surface area contributed by atoms with Crippen LogP contribution in [0.25, 0.3) is 0 Å². The van der Waals surface area contributed by atoms with E-state index in [1.54, 1.807) is 0 Å². The number of hydrogen-bond donors (Lipinski definition) is 1. The summed E-state index contributed by atoms with van der Waals surface area (Å²) in [6.45, 7) is 7.23. The Morgan fingerprint density at radius 1 is 1.62 bits per heavy atom. The summed E-state index contributed by atoms with van der Waals surface area (Å²) >= 11 is 0. The first kappa shape index (κ1) is 11.0. The van der Waals surface area contributed by atoms with Crippen molar-refractivity contribution in [2.45, 2.75) is 38.8 Å². The molecule has 3 heteroatoms. The van der Waals surface area contributed by atoms with E-state index in [9.17, 15) is 5.11 Å². The van der Waals surface area contributed by atoms with Crippen molar-refractivity contribution in [3.8, 4) is 0 Å². The highest BCUT2D eigenvalue weighted by molar-refractivity contribution is 4.77. The van der Waals surface area contributed by atoms with E-state index in [0.717, 1.165) is 13.1 Å². The highest BCUT2D eigenvalue weighted by Gasteiger charge is 2.22. The van der Waals surface area contributed by atoms with Crippen LogP contribution in [0, 0.1) is 0 Å². The average molecular weight is 187 g/mol. The van der Waals surface area contributed by atoms with Gasteiger partial charge in [0, 0.05) is 19.2 Å². The molecule has 0 aromatic heterocycles. The van der Waals surface area contributed by atoms with Gasteiger partial charge < -0.3 is 9.84 Å². The summed E-state index contributed by atoms with van der Waals surface area (Å²) < 4.78 is 5.16. The number of aliphatic hydroxyl groups excluding tert-OH is 1. The minimum Gasteiger partial charge on any atom is -0.389 e. The molecule has 2 unspecified atom stereocenters. The number of hydrogen-bond acceptors (Lipinski definition) is 3. The maximum absolute atomic E-state index is 9.59. The van der Waals surface area contributed by atoms with Gasteiger partial charge in [-0.25, -0.2) is 0 Å². The molecule has 0 spiro atoms. The van der Waals surface area contributed by atoms with Crippen LogP contribution in [0.5, 0.6) is 0 Å². The monoisotopic (exact) mass is 187 g/mol. The second kappa shape index (κ2) is 5.58. The van der Waals surface area contributed by atoms with Crippen LogP contribution in [0.4, 0.5) is 0 Å². The van der Waals surface area contributed by atoms with Crippen LogP contribution in [0.2, 0.25) is 0 Å². The van der Waals surface area contributed by atoms with Gasteiger partial charge in [-0.2, -0.15) is 0 Å². The van der Waals surface area contributed by atoms with Gasteiger partial charge in [0.1, 0.15) is 0 Å². The molecule has 1 rings (SSSR count). The van der Waals surface area contributed by atoms with Gasteiger partial charge in [-0.05, 0) is 33.2 Å². The molecule has 0 aromatic rings. The second-order valence-corrected chi connectivity index (χ2v) is 3.80. The van der Waals surface area contributed by atoms with Gasteiger partial charge in [0.2, 0.25) is 0 Å². The van der Waals surface area contributed by atoms with Gasteiger partial charge in [-0.3, -0.25) is 4.90 Å². The lowest BCUT2D eigenvalue weighted by atomic mass is 10.2. The van der Waals surface area contributed by atoms with Crippen molar-refractivity contribution in [2.24, 2.45) is 0 Å². The van der Waals surface area contributed by atoms with E-state index in [0.29, 0.717) is 19.3 Å². The van der Waals surface area contributed by atoms with Crippen molar-refractivity contribution in [3.63, 3.8) is 0 Å². The number of nitrogens with zero attached hydrogens (tertiary/aromatic N) is 1. The molecule has 78 valence electrons. The fourth-order valence-corrected chi connectivity index (χ4v) is 1.84. The van der Waals surface area contributed by atoms with Crippen LogP contribution in [-0.4, -0.2) is 48.5 Å². The van der Waals surface area contributed by atoms with Crippen molar-refractivity contribution < 1.29 is 9.84 Å². The molecule has 0 aliphatic carbocycles. The normalized spacial score (nSPS) is 26.5. The van der Waals surface area contributed by atoms with Crippen LogP contribution in [0.3, 0.4) is 0 Å². The third-order valence-corrected chi connectivity index (χ3v) is 2.65. The molecule has 1 saturated heterocycles. The highest BCUT2D eigenvalue weighted by Crippen LogP contribution is 2.16. The molecule has 0 radical (unpaired) electrons. The predicted molar refractivity (Wildman–Crippen MR) is 52.8 cm³/mol. The van der Waals surface area contributed by atoms with E-state index in [1.807, 2.05) is 6.92 Å². The summed E-state index contributed by atoms with van der Waals surface area (Å²) in [5.41, 5.74) is 0. The number of rotatable bonds is 5. The van der Waals surface area contributed by atoms with Crippen molar-refractivity contribution in [1.29, 1.82) is 0 Å². The largest absolute Gasteiger partial charge is 0.389 e. The summed E-state index contributed by atoms with van der Waals surface area (Å²) in [5, 5.41) is 9.59. The van der Waals surface area contributed by atoms with E-state index in [4.69, 9.17) is 4.74 Å². The first-order valence-electron chi connectivity index (χ1n) is 5.24. The third kappa shape index (κ3) is 3.63. The van der Waals surface area contributed by atoms with Gasteiger partial charge in [0.05, 0.1) is 12.7 Å². The van der Waals surface area contributed by atoms with Gasteiger partial charge >= 0.3 is 0 Å². The summed E-state index contributed by atoms with van der Waals surface area (Å²) in [4.78, 5) is 2.34. The second-order valence-electron chi connectivity index (χ2n) is 3.80. The van der Waals surface area contributed by atoms with Crippen LogP contribution < -0.4 is 0 Å². The van der Waals surface area contributed by atoms with Crippen molar-refractivity contribution in [1.82, 2.24) is 4.90 Å². The first-order valence-corrected chi connectivity index (χ1v) is 5.24. The number of ether oxygens (including phenoxy) is 1. The Hall–Kier alpha value is -0.120. The Kier molecular flexibility index (Phi) is 4.70. The fraction of sp³-hybridized carbons (Fsp3) is 1.00. The van der Waals surface area contributed by atoms with Gasteiger partial charge in [-0.1, -0.05) is 0 Å². The molecule has 0 bridgehead atoms. The number of β-amino-alcohol motifs (C(OH)–C–C–N with tert-alkyl or cyclic N) is 1. The van der Waals surface area contributed by atoms with Crippen molar-refractivity contribution in [2.75, 3.05) is 26.3 Å². The van der Waals surface area contributed by atoms with E-state index in [1.165, 1.54) is 12.8 Å². The van der Waals surface area contributed by atoms with Crippen LogP contribution in [0.15, 0.2) is 0 Å². The smallest absolute Gasteiger partial charge is 0.0900 e. The Morgan fingerprint density at radius 3 is 2.92 bits per heavy atom. The molecular formula is C10H21NO2. The molecule has 1 aliphatic heterocycles. The summed E-state index contributed by atoms with van der Waals surface area (Å²) in [6.07, 6.45) is 2.21. The maximum atomic E-state index is 9.59. The van der Waals surface area contributed by atoms with E-state index in [-0.39, 0.29) is 6.10 Å². The van der Waals surface area contributed by atoms with Crippen LogP contribution >= 0.6 is 0 Å². The highest BCUT2D eigenvalue weighted by atomic mass is 16.5. The van der Waals surface area contributed by atoms with Crippen LogP contribution in [0.1, 0.15) is 26.7 Å². The maximum Gasteiger partial charge on any atom is 0.0900 e. The molecule has 1 aliphatic rings. The minimum atomic E-state index is -0.319. The average Bonchev–Trinajstić information content (AvgIpc) is 2.48. The zero-order valence-corrected chi connectivity index (χ0v) is 8.70. The Bertz CT molecular complexity index is 141. The number of aliphatic hydroxyl groups is 1. The van der Waals surface area contributed by atoms with E-state index >= 15 is 0 Å². The zero-order valence-electron chi connectivity index (χ0n) is 8.70. The van der Waals surface area contributed by atoms with Gasteiger partial charge in [0.25, 0.3) is 0 Å². The number of likely N-dealkylation sites (tertiary alicyclic amines) is 1. The van der Waals surface area contributed by atoms with E-state index in [2.05, 4.69) is 11.8 Å². The van der Waals surface area contributed by atoms with Crippen molar-refractivity contribution in [3.05, 3.63) is 0 Å². The standard InChI is InChI=1S/C10H21NO2/c1-3-13-8-10(12)7-11-6-4-5-9(11)2/h9-10,12H,3-8H2,1-2H3. The Labute approximate surface area is 80.7 Å². The third-order valence-electron chi connectivity index (χ3n) is 2.65. The lowest BCUT2D eigenvalue weighted by Gasteiger charge is -2.23. The molecule has 0 amide bonds. The lowest BCUT2D eigenvalue weighted by molar-refractivity contribution is 0.0200. The zero-order chi connectivity index (χ0) is 9.68. The van der Waals surface area contributed by atoms with E-state index < -0.39 is 0 Å². The summed E-state index contributed by atoms with van der Waals surface area (Å²) in [7, 11) is 0. The quantitative estimate of drug-likeness (QED) is 0.693.